The Bertz CT molecular complexity index is 726. The van der Waals surface area contributed by atoms with Gasteiger partial charge in [-0.05, 0) is 35.9 Å². The Morgan fingerprint density at radius 1 is 1.05 bits per heavy atom. The Kier molecular flexibility index (Phi) is 3.98. The minimum atomic E-state index is -1.22. The van der Waals surface area contributed by atoms with Gasteiger partial charge in [0.2, 0.25) is 0 Å². The number of aromatic carboxylic acids is 1. The van der Waals surface area contributed by atoms with Gasteiger partial charge in [0.15, 0.2) is 0 Å². The summed E-state index contributed by atoms with van der Waals surface area (Å²) in [6, 6.07) is 6.60. The standard InChI is InChI=1S/C15H10F2O4/c1-21-15(20)11-6-8(2-4-13(11)17)10-7-9(14(18)19)3-5-12(10)16/h2-7H,1H3,(H,18,19). The van der Waals surface area contributed by atoms with E-state index in [1.165, 1.54) is 6.07 Å². The number of esters is 1. The zero-order chi connectivity index (χ0) is 15.6. The van der Waals surface area contributed by atoms with E-state index in [-0.39, 0.29) is 22.3 Å². The Morgan fingerprint density at radius 3 is 2.33 bits per heavy atom. The molecule has 0 fully saturated rings. The minimum absolute atomic E-state index is 0.0416. The zero-order valence-electron chi connectivity index (χ0n) is 10.9. The number of rotatable bonds is 3. The third-order valence-electron chi connectivity index (χ3n) is 2.90. The van der Waals surface area contributed by atoms with Crippen LogP contribution in [0.1, 0.15) is 20.7 Å². The number of halogens is 2. The summed E-state index contributed by atoms with van der Waals surface area (Å²) in [4.78, 5) is 22.3. The number of carbonyl (C=O) groups excluding carboxylic acids is 1. The van der Waals surface area contributed by atoms with Crippen molar-refractivity contribution >= 4 is 11.9 Å². The second-order valence-corrected chi connectivity index (χ2v) is 4.19. The maximum absolute atomic E-state index is 13.8. The van der Waals surface area contributed by atoms with Gasteiger partial charge in [0.25, 0.3) is 0 Å². The van der Waals surface area contributed by atoms with Crippen LogP contribution in [0.15, 0.2) is 36.4 Å². The molecule has 0 aliphatic carbocycles. The van der Waals surface area contributed by atoms with Gasteiger partial charge in [-0.3, -0.25) is 0 Å². The molecule has 0 saturated carbocycles. The number of hydrogen-bond donors (Lipinski definition) is 1. The number of carboxylic acid groups (broad SMARTS) is 1. The minimum Gasteiger partial charge on any atom is -0.478 e. The third-order valence-corrected chi connectivity index (χ3v) is 2.90. The van der Waals surface area contributed by atoms with Crippen LogP contribution in [0, 0.1) is 11.6 Å². The van der Waals surface area contributed by atoms with Crippen molar-refractivity contribution in [3.05, 3.63) is 59.2 Å². The lowest BCUT2D eigenvalue weighted by Crippen LogP contribution is -2.05. The molecule has 0 aromatic heterocycles. The molecule has 2 aromatic rings. The van der Waals surface area contributed by atoms with Crippen molar-refractivity contribution in [1.29, 1.82) is 0 Å². The van der Waals surface area contributed by atoms with Crippen LogP contribution in [0.3, 0.4) is 0 Å². The molecule has 0 spiro atoms. The van der Waals surface area contributed by atoms with Crippen LogP contribution < -0.4 is 0 Å². The van der Waals surface area contributed by atoms with Gasteiger partial charge in [0, 0.05) is 5.56 Å². The van der Waals surface area contributed by atoms with Crippen LogP contribution in [-0.2, 0) is 4.74 Å². The first kappa shape index (κ1) is 14.6. The van der Waals surface area contributed by atoms with Crippen molar-refractivity contribution in [2.75, 3.05) is 7.11 Å². The van der Waals surface area contributed by atoms with Crippen LogP contribution >= 0.6 is 0 Å². The molecule has 0 amide bonds. The fraction of sp³-hybridized carbons (Fsp3) is 0.0667. The van der Waals surface area contributed by atoms with Crippen molar-refractivity contribution in [1.82, 2.24) is 0 Å². The SMILES string of the molecule is COC(=O)c1cc(-c2cc(C(=O)O)ccc2F)ccc1F. The number of hydrogen-bond acceptors (Lipinski definition) is 3. The lowest BCUT2D eigenvalue weighted by molar-refractivity contribution is 0.0594. The van der Waals surface area contributed by atoms with Crippen LogP contribution in [0.25, 0.3) is 11.1 Å². The van der Waals surface area contributed by atoms with Gasteiger partial charge in [0.05, 0.1) is 18.2 Å². The molecular formula is C15H10F2O4. The predicted molar refractivity (Wildman–Crippen MR) is 70.1 cm³/mol. The molecule has 6 heteroatoms. The van der Waals surface area contributed by atoms with Gasteiger partial charge >= 0.3 is 11.9 Å². The van der Waals surface area contributed by atoms with Gasteiger partial charge in [-0.1, -0.05) is 6.07 Å². The normalized spacial score (nSPS) is 10.2. The highest BCUT2D eigenvalue weighted by Crippen LogP contribution is 2.26. The molecule has 0 aliphatic heterocycles. The molecule has 0 radical (unpaired) electrons. The van der Waals surface area contributed by atoms with Crippen LogP contribution in [0.4, 0.5) is 8.78 Å². The Balaban J connectivity index is 2.59. The summed E-state index contributed by atoms with van der Waals surface area (Å²) in [6.07, 6.45) is 0. The van der Waals surface area contributed by atoms with E-state index in [4.69, 9.17) is 5.11 Å². The summed E-state index contributed by atoms with van der Waals surface area (Å²) < 4.78 is 31.8. The fourth-order valence-corrected chi connectivity index (χ4v) is 1.84. The van der Waals surface area contributed by atoms with Crippen molar-refractivity contribution < 1.29 is 28.2 Å². The van der Waals surface area contributed by atoms with Crippen molar-refractivity contribution in [2.24, 2.45) is 0 Å². The van der Waals surface area contributed by atoms with E-state index >= 15 is 0 Å². The quantitative estimate of drug-likeness (QED) is 0.883. The van der Waals surface area contributed by atoms with Crippen LogP contribution in [0.5, 0.6) is 0 Å². The fourth-order valence-electron chi connectivity index (χ4n) is 1.84. The molecule has 0 saturated heterocycles. The molecule has 1 N–H and O–H groups in total. The average molecular weight is 292 g/mol. The second-order valence-electron chi connectivity index (χ2n) is 4.19. The number of carbonyl (C=O) groups is 2. The largest absolute Gasteiger partial charge is 0.478 e. The maximum atomic E-state index is 13.8. The summed E-state index contributed by atoms with van der Waals surface area (Å²) in [7, 11) is 1.10. The van der Waals surface area contributed by atoms with Crippen molar-refractivity contribution in [2.45, 2.75) is 0 Å². The topological polar surface area (TPSA) is 63.6 Å². The predicted octanol–water partition coefficient (Wildman–Crippen LogP) is 3.12. The molecule has 0 aliphatic rings. The van der Waals surface area contributed by atoms with E-state index in [9.17, 15) is 18.4 Å². The summed E-state index contributed by atoms with van der Waals surface area (Å²) >= 11 is 0. The number of ether oxygens (including phenoxy) is 1. The van der Waals surface area contributed by atoms with Gasteiger partial charge < -0.3 is 9.84 Å². The lowest BCUT2D eigenvalue weighted by atomic mass is 10.00. The molecule has 2 aromatic carbocycles. The zero-order valence-corrected chi connectivity index (χ0v) is 10.9. The highest BCUT2D eigenvalue weighted by molar-refractivity contribution is 5.92. The van der Waals surface area contributed by atoms with E-state index < -0.39 is 23.6 Å². The van der Waals surface area contributed by atoms with Gasteiger partial charge in [-0.15, -0.1) is 0 Å². The summed E-state index contributed by atoms with van der Waals surface area (Å²) in [5, 5.41) is 8.92. The van der Waals surface area contributed by atoms with Crippen LogP contribution in [0.2, 0.25) is 0 Å². The van der Waals surface area contributed by atoms with E-state index in [2.05, 4.69) is 4.74 Å². The first-order chi connectivity index (χ1) is 9.93. The van der Waals surface area contributed by atoms with Gasteiger partial charge in [-0.2, -0.15) is 0 Å². The Hall–Kier alpha value is -2.76. The van der Waals surface area contributed by atoms with E-state index in [1.807, 2.05) is 0 Å². The van der Waals surface area contributed by atoms with E-state index in [0.717, 1.165) is 37.4 Å². The summed E-state index contributed by atoms with van der Waals surface area (Å²) in [5.74, 6) is -3.60. The first-order valence-corrected chi connectivity index (χ1v) is 5.85. The summed E-state index contributed by atoms with van der Waals surface area (Å²) in [6.45, 7) is 0. The molecule has 0 atom stereocenters. The first-order valence-electron chi connectivity index (χ1n) is 5.85. The van der Waals surface area contributed by atoms with Crippen molar-refractivity contribution in [3.63, 3.8) is 0 Å². The number of carboxylic acids is 1. The van der Waals surface area contributed by atoms with Crippen molar-refractivity contribution in [3.8, 4) is 11.1 Å². The molecule has 0 unspecified atom stereocenters. The molecule has 0 heterocycles. The van der Waals surface area contributed by atoms with Gasteiger partial charge in [-0.25, -0.2) is 18.4 Å². The second kappa shape index (κ2) is 5.70. The molecule has 108 valence electrons. The highest BCUT2D eigenvalue weighted by atomic mass is 19.1. The summed E-state index contributed by atoms with van der Waals surface area (Å²) in [5.41, 5.74) is -0.331. The Labute approximate surface area is 118 Å². The average Bonchev–Trinajstić information content (AvgIpc) is 2.47. The lowest BCUT2D eigenvalue weighted by Gasteiger charge is -2.08. The molecule has 21 heavy (non-hydrogen) atoms. The van der Waals surface area contributed by atoms with E-state index in [0.29, 0.717) is 0 Å². The molecule has 2 rings (SSSR count). The maximum Gasteiger partial charge on any atom is 0.340 e. The third kappa shape index (κ3) is 2.89. The number of benzene rings is 2. The van der Waals surface area contributed by atoms with Crippen LogP contribution in [-0.4, -0.2) is 24.2 Å². The molecule has 0 bridgehead atoms. The Morgan fingerprint density at radius 2 is 1.71 bits per heavy atom. The molecule has 4 nitrogen and oxygen atoms in total. The molecular weight excluding hydrogens is 282 g/mol. The van der Waals surface area contributed by atoms with E-state index in [1.54, 1.807) is 0 Å². The van der Waals surface area contributed by atoms with Gasteiger partial charge in [0.1, 0.15) is 11.6 Å². The number of methoxy groups -OCH3 is 1. The highest BCUT2D eigenvalue weighted by Gasteiger charge is 2.16. The smallest absolute Gasteiger partial charge is 0.340 e. The monoisotopic (exact) mass is 292 g/mol.